The number of aromatic nitrogens is 1. The maximum absolute atomic E-state index is 14.0. The van der Waals surface area contributed by atoms with Crippen LogP contribution in [0.25, 0.3) is 10.9 Å². The molecule has 5 rings (SSSR count). The van der Waals surface area contributed by atoms with Crippen LogP contribution in [0.5, 0.6) is 11.5 Å². The molecule has 8 heteroatoms. The van der Waals surface area contributed by atoms with E-state index in [0.29, 0.717) is 22.8 Å². The second kappa shape index (κ2) is 9.64. The maximum atomic E-state index is 14.0. The molecule has 1 aliphatic heterocycles. The van der Waals surface area contributed by atoms with Crippen LogP contribution in [0.2, 0.25) is 0 Å². The van der Waals surface area contributed by atoms with Crippen LogP contribution in [-0.2, 0) is 16.6 Å². The summed E-state index contributed by atoms with van der Waals surface area (Å²) in [6, 6.07) is 24.7. The lowest BCUT2D eigenvalue weighted by molar-refractivity contribution is 0.249. The summed E-state index contributed by atoms with van der Waals surface area (Å²) in [4.78, 5) is 4.72. The van der Waals surface area contributed by atoms with Crippen molar-refractivity contribution in [2.75, 3.05) is 45.3 Å². The van der Waals surface area contributed by atoms with Crippen molar-refractivity contribution in [3.8, 4) is 11.5 Å². The molecule has 3 aromatic carbocycles. The lowest BCUT2D eigenvalue weighted by Crippen LogP contribution is -2.46. The van der Waals surface area contributed by atoms with Crippen molar-refractivity contribution in [3.63, 3.8) is 0 Å². The number of benzene rings is 3. The van der Waals surface area contributed by atoms with Crippen LogP contribution in [0, 0.1) is 0 Å². The quantitative estimate of drug-likeness (QED) is 0.386. The van der Waals surface area contributed by atoms with E-state index in [-0.39, 0.29) is 4.90 Å². The summed E-state index contributed by atoms with van der Waals surface area (Å²) >= 11 is 0. The summed E-state index contributed by atoms with van der Waals surface area (Å²) in [6.45, 7) is 4.08. The van der Waals surface area contributed by atoms with E-state index in [1.54, 1.807) is 12.1 Å². The Labute approximate surface area is 206 Å². The van der Waals surface area contributed by atoms with E-state index in [0.717, 1.165) is 38.1 Å². The molecule has 4 aromatic rings. The van der Waals surface area contributed by atoms with Crippen LogP contribution in [-0.4, -0.2) is 57.7 Å². The van der Waals surface area contributed by atoms with Gasteiger partial charge in [0, 0.05) is 44.2 Å². The van der Waals surface area contributed by atoms with Gasteiger partial charge >= 0.3 is 0 Å². The Hall–Kier alpha value is -3.49. The Morgan fingerprint density at radius 3 is 2.17 bits per heavy atom. The number of nitrogens with zero attached hydrogens (tertiary/aromatic N) is 3. The van der Waals surface area contributed by atoms with Crippen molar-refractivity contribution in [1.82, 2.24) is 8.87 Å². The van der Waals surface area contributed by atoms with Crippen LogP contribution >= 0.6 is 0 Å². The summed E-state index contributed by atoms with van der Waals surface area (Å²) in [7, 11) is -0.868. The zero-order valence-electron chi connectivity index (χ0n) is 19.9. The molecule has 1 fully saturated rings. The van der Waals surface area contributed by atoms with E-state index in [2.05, 4.69) is 34.1 Å². The fourth-order valence-corrected chi connectivity index (χ4v) is 6.19. The van der Waals surface area contributed by atoms with Gasteiger partial charge in [0.2, 0.25) is 0 Å². The number of fused-ring (bicyclic) bond motifs is 1. The molecule has 1 aliphatic rings. The normalized spacial score (nSPS) is 14.9. The highest BCUT2D eigenvalue weighted by atomic mass is 32.2. The van der Waals surface area contributed by atoms with E-state index in [1.165, 1.54) is 29.8 Å². The molecule has 0 spiro atoms. The first kappa shape index (κ1) is 23.3. The highest BCUT2D eigenvalue weighted by molar-refractivity contribution is 7.90. The molecule has 1 aromatic heterocycles. The Kier molecular flexibility index (Phi) is 6.40. The molecule has 182 valence electrons. The van der Waals surface area contributed by atoms with E-state index in [4.69, 9.17) is 9.47 Å². The predicted molar refractivity (Wildman–Crippen MR) is 138 cm³/mol. The molecule has 0 saturated carbocycles. The molecule has 0 bridgehead atoms. The van der Waals surface area contributed by atoms with Crippen LogP contribution in [0.15, 0.2) is 83.8 Å². The zero-order chi connectivity index (χ0) is 24.4. The van der Waals surface area contributed by atoms with E-state index in [1.807, 2.05) is 36.4 Å². The Bertz CT molecular complexity index is 1430. The van der Waals surface area contributed by atoms with Crippen molar-refractivity contribution < 1.29 is 17.9 Å². The van der Waals surface area contributed by atoms with Gasteiger partial charge < -0.3 is 14.4 Å². The molecular weight excluding hydrogens is 462 g/mol. The van der Waals surface area contributed by atoms with Crippen molar-refractivity contribution in [2.45, 2.75) is 11.4 Å². The molecular formula is C27H29N3O4S. The third-order valence-electron chi connectivity index (χ3n) is 6.49. The molecule has 35 heavy (non-hydrogen) atoms. The van der Waals surface area contributed by atoms with Gasteiger partial charge in [0.05, 0.1) is 24.6 Å². The van der Waals surface area contributed by atoms with Crippen LogP contribution in [0.4, 0.5) is 5.82 Å². The van der Waals surface area contributed by atoms with Gasteiger partial charge in [-0.05, 0) is 29.8 Å². The predicted octanol–water partition coefficient (Wildman–Crippen LogP) is 4.22. The number of hydrogen-bond donors (Lipinski definition) is 0. The monoisotopic (exact) mass is 491 g/mol. The fraction of sp³-hybridized carbons (Fsp3) is 0.259. The molecule has 0 amide bonds. The average Bonchev–Trinajstić information content (AvgIpc) is 3.30. The van der Waals surface area contributed by atoms with Crippen molar-refractivity contribution in [2.24, 2.45) is 0 Å². The number of piperazine rings is 1. The maximum Gasteiger partial charge on any atom is 0.269 e. The molecule has 0 atom stereocenters. The number of para-hydroxylation sites is 1. The first-order chi connectivity index (χ1) is 17.0. The van der Waals surface area contributed by atoms with Gasteiger partial charge in [-0.15, -0.1) is 0 Å². The number of ether oxygens (including phenoxy) is 2. The second-order valence-corrected chi connectivity index (χ2v) is 10.4. The molecule has 0 aliphatic carbocycles. The third-order valence-corrected chi connectivity index (χ3v) is 8.20. The van der Waals surface area contributed by atoms with Gasteiger partial charge in [0.25, 0.3) is 10.0 Å². The van der Waals surface area contributed by atoms with Gasteiger partial charge in [-0.1, -0.05) is 48.5 Å². The first-order valence-electron chi connectivity index (χ1n) is 11.6. The van der Waals surface area contributed by atoms with Crippen molar-refractivity contribution in [3.05, 3.63) is 84.4 Å². The standard InChI is InChI=1S/C27H29N3O4S/c1-33-25-13-12-23(19-26(25)34-2)35(31,32)30-24-11-7-6-10-22(24)18-27(30)29-16-14-28(15-17-29)20-21-8-4-3-5-9-21/h3-13,18-19H,14-17,20H2,1-2H3. The molecule has 0 unspecified atom stereocenters. The van der Waals surface area contributed by atoms with Gasteiger partial charge in [-0.2, -0.15) is 0 Å². The lowest BCUT2D eigenvalue weighted by atomic mass is 10.2. The minimum atomic E-state index is -3.90. The van der Waals surface area contributed by atoms with Gasteiger partial charge in [-0.3, -0.25) is 4.90 Å². The van der Waals surface area contributed by atoms with E-state index in [9.17, 15) is 8.42 Å². The minimum absolute atomic E-state index is 0.153. The van der Waals surface area contributed by atoms with E-state index >= 15 is 0 Å². The van der Waals surface area contributed by atoms with Gasteiger partial charge in [-0.25, -0.2) is 12.4 Å². The Morgan fingerprint density at radius 2 is 1.46 bits per heavy atom. The Morgan fingerprint density at radius 1 is 0.771 bits per heavy atom. The zero-order valence-corrected chi connectivity index (χ0v) is 20.7. The minimum Gasteiger partial charge on any atom is -0.493 e. The number of hydrogen-bond acceptors (Lipinski definition) is 6. The summed E-state index contributed by atoms with van der Waals surface area (Å²) < 4.78 is 40.1. The van der Waals surface area contributed by atoms with Crippen molar-refractivity contribution >= 4 is 26.7 Å². The van der Waals surface area contributed by atoms with Gasteiger partial charge in [0.1, 0.15) is 5.82 Å². The van der Waals surface area contributed by atoms with E-state index < -0.39 is 10.0 Å². The molecule has 0 N–H and O–H groups in total. The molecule has 2 heterocycles. The highest BCUT2D eigenvalue weighted by Crippen LogP contribution is 2.35. The largest absolute Gasteiger partial charge is 0.493 e. The van der Waals surface area contributed by atoms with Crippen LogP contribution in [0.1, 0.15) is 5.56 Å². The molecule has 1 saturated heterocycles. The average molecular weight is 492 g/mol. The topological polar surface area (TPSA) is 64.0 Å². The summed E-state index contributed by atoms with van der Waals surface area (Å²) in [5.41, 5.74) is 1.94. The fourth-order valence-electron chi connectivity index (χ4n) is 4.65. The number of anilines is 1. The number of rotatable bonds is 7. The van der Waals surface area contributed by atoms with Crippen LogP contribution < -0.4 is 14.4 Å². The van der Waals surface area contributed by atoms with Crippen LogP contribution in [0.3, 0.4) is 0 Å². The Balaban J connectivity index is 1.49. The third kappa shape index (κ3) is 4.47. The van der Waals surface area contributed by atoms with Crippen molar-refractivity contribution in [1.29, 1.82) is 0 Å². The van der Waals surface area contributed by atoms with Gasteiger partial charge in [0.15, 0.2) is 11.5 Å². The SMILES string of the molecule is COc1ccc(S(=O)(=O)n2c(N3CCN(Cc4ccccc4)CC3)cc3ccccc32)cc1OC. The summed E-state index contributed by atoms with van der Waals surface area (Å²) in [5, 5.41) is 0.887. The summed E-state index contributed by atoms with van der Waals surface area (Å²) in [6.07, 6.45) is 0. The molecule has 7 nitrogen and oxygen atoms in total. The smallest absolute Gasteiger partial charge is 0.269 e. The number of methoxy groups -OCH3 is 2. The second-order valence-electron chi connectivity index (χ2n) is 8.60. The highest BCUT2D eigenvalue weighted by Gasteiger charge is 2.28. The first-order valence-corrected chi connectivity index (χ1v) is 13.0. The lowest BCUT2D eigenvalue weighted by Gasteiger charge is -2.36. The molecule has 0 radical (unpaired) electrons. The summed E-state index contributed by atoms with van der Waals surface area (Å²) in [5.74, 6) is 1.54.